The van der Waals surface area contributed by atoms with Crippen molar-refractivity contribution in [1.29, 1.82) is 0 Å². The van der Waals surface area contributed by atoms with Gasteiger partial charge in [-0.1, -0.05) is 24.3 Å². The highest BCUT2D eigenvalue weighted by molar-refractivity contribution is 5.85. The molecule has 0 spiro atoms. The van der Waals surface area contributed by atoms with Crippen LogP contribution in [0.5, 0.6) is 0 Å². The monoisotopic (exact) mass is 334 g/mol. The Kier molecular flexibility index (Phi) is 6.75. The lowest BCUT2D eigenvalue weighted by molar-refractivity contribution is -0.150. The van der Waals surface area contributed by atoms with E-state index in [-0.39, 0.29) is 18.5 Å². The first-order valence-corrected chi connectivity index (χ1v) is 8.25. The number of amides is 1. The molecule has 0 radical (unpaired) electrons. The first-order valence-electron chi connectivity index (χ1n) is 8.25. The number of hydrogen-bond donors (Lipinski definition) is 0. The Labute approximate surface area is 143 Å². The topological polar surface area (TPSA) is 59.1 Å². The zero-order valence-electron chi connectivity index (χ0n) is 14.7. The smallest absolute Gasteiger partial charge is 0.325 e. The van der Waals surface area contributed by atoms with Gasteiger partial charge in [-0.3, -0.25) is 14.5 Å². The number of carbonyl (C=O) groups excluding carboxylic acids is 2. The molecule has 1 aliphatic rings. The summed E-state index contributed by atoms with van der Waals surface area (Å²) >= 11 is 0. The van der Waals surface area contributed by atoms with Crippen LogP contribution in [0.25, 0.3) is 0 Å². The minimum atomic E-state index is -0.411. The molecule has 0 aromatic heterocycles. The number of morpholine rings is 1. The van der Waals surface area contributed by atoms with Crippen LogP contribution in [0.15, 0.2) is 24.3 Å². The number of nitrogens with zero attached hydrogens (tertiary/aromatic N) is 2. The summed E-state index contributed by atoms with van der Waals surface area (Å²) in [7, 11) is 1.34. The third kappa shape index (κ3) is 4.79. The lowest BCUT2D eigenvalue weighted by Gasteiger charge is -2.34. The minimum absolute atomic E-state index is 0.0433. The molecule has 0 N–H and O–H groups in total. The van der Waals surface area contributed by atoms with Crippen molar-refractivity contribution >= 4 is 11.9 Å². The fraction of sp³-hybridized carbons (Fsp3) is 0.556. The maximum Gasteiger partial charge on any atom is 0.325 e. The Morgan fingerprint density at radius 1 is 1.29 bits per heavy atom. The van der Waals surface area contributed by atoms with E-state index in [0.29, 0.717) is 19.8 Å². The standard InChI is InChI=1S/C18H26N2O4/c1-14-6-4-5-7-16(14)12-20(13-17(21)23-3)18(22)15(2)19-8-10-24-11-9-19/h4-7,15H,8-13H2,1-3H3/t15-/m0/s1. The number of aryl methyl sites for hydroxylation is 1. The van der Waals surface area contributed by atoms with Crippen LogP contribution in [0.1, 0.15) is 18.1 Å². The molecule has 1 aromatic rings. The maximum atomic E-state index is 12.9. The summed E-state index contributed by atoms with van der Waals surface area (Å²) in [6.45, 7) is 6.95. The number of esters is 1. The van der Waals surface area contributed by atoms with Crippen molar-refractivity contribution in [2.45, 2.75) is 26.4 Å². The van der Waals surface area contributed by atoms with Gasteiger partial charge in [-0.2, -0.15) is 0 Å². The summed E-state index contributed by atoms with van der Waals surface area (Å²) in [5.74, 6) is -0.475. The molecule has 1 fully saturated rings. The molecule has 0 unspecified atom stereocenters. The molecule has 0 bridgehead atoms. The predicted octanol–water partition coefficient (Wildman–Crippen LogP) is 1.22. The van der Waals surface area contributed by atoms with Crippen LogP contribution >= 0.6 is 0 Å². The van der Waals surface area contributed by atoms with Gasteiger partial charge >= 0.3 is 5.97 Å². The molecule has 0 aliphatic carbocycles. The van der Waals surface area contributed by atoms with Crippen molar-refractivity contribution in [1.82, 2.24) is 9.80 Å². The fourth-order valence-electron chi connectivity index (χ4n) is 2.81. The first-order chi connectivity index (χ1) is 11.5. The molecule has 0 saturated carbocycles. The summed E-state index contributed by atoms with van der Waals surface area (Å²) < 4.78 is 10.1. The minimum Gasteiger partial charge on any atom is -0.468 e. The van der Waals surface area contributed by atoms with E-state index in [9.17, 15) is 9.59 Å². The zero-order valence-corrected chi connectivity index (χ0v) is 14.7. The van der Waals surface area contributed by atoms with Crippen LogP contribution in [-0.2, 0) is 25.6 Å². The van der Waals surface area contributed by atoms with E-state index < -0.39 is 5.97 Å². The Balaban J connectivity index is 2.13. The summed E-state index contributed by atoms with van der Waals surface area (Å²) in [5.41, 5.74) is 2.13. The SMILES string of the molecule is COC(=O)CN(Cc1ccccc1C)C(=O)[C@H](C)N1CCOCC1. The largest absolute Gasteiger partial charge is 0.468 e. The van der Waals surface area contributed by atoms with Crippen LogP contribution in [-0.4, -0.2) is 67.7 Å². The van der Waals surface area contributed by atoms with Gasteiger partial charge in [0.05, 0.1) is 26.4 Å². The second-order valence-electron chi connectivity index (χ2n) is 6.02. The van der Waals surface area contributed by atoms with Crippen molar-refractivity contribution in [2.75, 3.05) is 40.0 Å². The molecule has 1 heterocycles. The van der Waals surface area contributed by atoms with E-state index in [0.717, 1.165) is 24.2 Å². The highest BCUT2D eigenvalue weighted by Gasteiger charge is 2.28. The van der Waals surface area contributed by atoms with Gasteiger partial charge in [-0.25, -0.2) is 0 Å². The quantitative estimate of drug-likeness (QED) is 0.732. The van der Waals surface area contributed by atoms with E-state index in [1.54, 1.807) is 4.90 Å². The second-order valence-corrected chi connectivity index (χ2v) is 6.02. The van der Waals surface area contributed by atoms with E-state index >= 15 is 0 Å². The van der Waals surface area contributed by atoms with Gasteiger partial charge in [0, 0.05) is 19.6 Å². The molecule has 1 amide bonds. The second kappa shape index (κ2) is 8.80. The number of carbonyl (C=O) groups is 2. The van der Waals surface area contributed by atoms with Crippen LogP contribution in [0.2, 0.25) is 0 Å². The van der Waals surface area contributed by atoms with Gasteiger partial charge < -0.3 is 14.4 Å². The van der Waals surface area contributed by atoms with Crippen molar-refractivity contribution < 1.29 is 19.1 Å². The van der Waals surface area contributed by atoms with Crippen LogP contribution < -0.4 is 0 Å². The predicted molar refractivity (Wildman–Crippen MR) is 90.5 cm³/mol. The summed E-state index contributed by atoms with van der Waals surface area (Å²) in [4.78, 5) is 28.4. The van der Waals surface area contributed by atoms with E-state index in [1.165, 1.54) is 7.11 Å². The van der Waals surface area contributed by atoms with E-state index in [2.05, 4.69) is 4.90 Å². The van der Waals surface area contributed by atoms with Gasteiger partial charge in [0.15, 0.2) is 0 Å². The molecule has 1 aliphatic heterocycles. The highest BCUT2D eigenvalue weighted by Crippen LogP contribution is 2.14. The third-order valence-electron chi connectivity index (χ3n) is 4.43. The maximum absolute atomic E-state index is 12.9. The van der Waals surface area contributed by atoms with Crippen molar-refractivity contribution in [3.8, 4) is 0 Å². The van der Waals surface area contributed by atoms with Gasteiger partial charge in [0.25, 0.3) is 0 Å². The Morgan fingerprint density at radius 3 is 2.58 bits per heavy atom. The number of rotatable bonds is 6. The van der Waals surface area contributed by atoms with Gasteiger partial charge in [0.2, 0.25) is 5.91 Å². The van der Waals surface area contributed by atoms with Gasteiger partial charge in [0.1, 0.15) is 6.54 Å². The van der Waals surface area contributed by atoms with Gasteiger partial charge in [-0.15, -0.1) is 0 Å². The average Bonchev–Trinajstić information content (AvgIpc) is 2.62. The summed E-state index contributed by atoms with van der Waals surface area (Å²) in [5, 5.41) is 0. The van der Waals surface area contributed by atoms with Crippen LogP contribution in [0, 0.1) is 6.92 Å². The molecule has 2 rings (SSSR count). The molecule has 24 heavy (non-hydrogen) atoms. The molecule has 6 nitrogen and oxygen atoms in total. The highest BCUT2D eigenvalue weighted by atomic mass is 16.5. The van der Waals surface area contributed by atoms with E-state index in [4.69, 9.17) is 9.47 Å². The average molecular weight is 334 g/mol. The lowest BCUT2D eigenvalue weighted by Crippen LogP contribution is -2.51. The Bertz CT molecular complexity index is 570. The lowest BCUT2D eigenvalue weighted by atomic mass is 10.1. The van der Waals surface area contributed by atoms with Gasteiger partial charge in [-0.05, 0) is 25.0 Å². The van der Waals surface area contributed by atoms with Crippen LogP contribution in [0.4, 0.5) is 0 Å². The zero-order chi connectivity index (χ0) is 17.5. The third-order valence-corrected chi connectivity index (χ3v) is 4.43. The number of methoxy groups -OCH3 is 1. The van der Waals surface area contributed by atoms with Crippen molar-refractivity contribution in [2.24, 2.45) is 0 Å². The molecule has 132 valence electrons. The molecular formula is C18H26N2O4. The Hall–Kier alpha value is -1.92. The fourth-order valence-corrected chi connectivity index (χ4v) is 2.81. The molecule has 6 heteroatoms. The molecule has 1 saturated heterocycles. The first kappa shape index (κ1) is 18.4. The molecule has 1 atom stereocenters. The summed E-state index contributed by atoms with van der Waals surface area (Å²) in [6, 6.07) is 7.59. The van der Waals surface area contributed by atoms with Crippen molar-refractivity contribution in [3.63, 3.8) is 0 Å². The van der Waals surface area contributed by atoms with Crippen LogP contribution in [0.3, 0.4) is 0 Å². The summed E-state index contributed by atoms with van der Waals surface area (Å²) in [6.07, 6.45) is 0. The van der Waals surface area contributed by atoms with Crippen molar-refractivity contribution in [3.05, 3.63) is 35.4 Å². The number of ether oxygens (including phenoxy) is 2. The normalized spacial score (nSPS) is 16.5. The molecule has 1 aromatic carbocycles. The Morgan fingerprint density at radius 2 is 1.96 bits per heavy atom. The molecular weight excluding hydrogens is 308 g/mol. The number of hydrogen-bond acceptors (Lipinski definition) is 5. The number of benzene rings is 1. The van der Waals surface area contributed by atoms with E-state index in [1.807, 2.05) is 38.1 Å².